The van der Waals surface area contributed by atoms with Crippen molar-refractivity contribution in [2.75, 3.05) is 4.90 Å². The van der Waals surface area contributed by atoms with Crippen LogP contribution < -0.4 is 9.64 Å². The van der Waals surface area contributed by atoms with E-state index in [-0.39, 0.29) is 23.7 Å². The van der Waals surface area contributed by atoms with Crippen LogP contribution in [0.1, 0.15) is 26.2 Å². The molecule has 1 aliphatic carbocycles. The summed E-state index contributed by atoms with van der Waals surface area (Å²) in [6.45, 7) is 2.15. The number of hydrogen-bond donors (Lipinski definition) is 0. The first-order valence-corrected chi connectivity index (χ1v) is 9.32. The number of ether oxygens (including phenoxy) is 1. The Bertz CT molecular complexity index is 831. The van der Waals surface area contributed by atoms with Crippen LogP contribution in [0.5, 0.6) is 11.5 Å². The van der Waals surface area contributed by atoms with Crippen LogP contribution in [0.15, 0.2) is 48.5 Å². The Morgan fingerprint density at radius 1 is 0.885 bits per heavy atom. The van der Waals surface area contributed by atoms with Gasteiger partial charge in [-0.2, -0.15) is 0 Å². The molecule has 2 aliphatic rings. The summed E-state index contributed by atoms with van der Waals surface area (Å²) in [7, 11) is 0. The third-order valence-corrected chi connectivity index (χ3v) is 5.58. The summed E-state index contributed by atoms with van der Waals surface area (Å²) in [6, 6.07) is 14.2. The van der Waals surface area contributed by atoms with Crippen molar-refractivity contribution in [1.82, 2.24) is 0 Å². The lowest BCUT2D eigenvalue weighted by Crippen LogP contribution is -2.30. The third-order valence-electron chi connectivity index (χ3n) is 5.33. The molecule has 2 fully saturated rings. The minimum Gasteiger partial charge on any atom is -0.457 e. The molecule has 0 N–H and O–H groups in total. The minimum absolute atomic E-state index is 0.0572. The molecule has 0 unspecified atom stereocenters. The average Bonchev–Trinajstić information content (AvgIpc) is 2.88. The second kappa shape index (κ2) is 6.76. The van der Waals surface area contributed by atoms with Crippen molar-refractivity contribution in [3.05, 3.63) is 53.6 Å². The SMILES string of the molecule is C[C@H]1CC[C@H]2C(=O)N(c3ccc(Oc4ccc(Cl)cc4)cc3)C(=O)[C@@H]2C1. The topological polar surface area (TPSA) is 46.6 Å². The molecule has 134 valence electrons. The first-order chi connectivity index (χ1) is 12.5. The highest BCUT2D eigenvalue weighted by Gasteiger charge is 2.49. The molecule has 1 saturated heterocycles. The molecule has 3 atom stereocenters. The van der Waals surface area contributed by atoms with Crippen molar-refractivity contribution in [3.8, 4) is 11.5 Å². The Kier molecular flexibility index (Phi) is 4.45. The largest absolute Gasteiger partial charge is 0.457 e. The molecule has 2 aromatic carbocycles. The van der Waals surface area contributed by atoms with Crippen LogP contribution in [0.4, 0.5) is 5.69 Å². The lowest BCUT2D eigenvalue weighted by molar-refractivity contribution is -0.122. The molecule has 4 rings (SSSR count). The number of rotatable bonds is 3. The number of halogens is 1. The smallest absolute Gasteiger partial charge is 0.237 e. The van der Waals surface area contributed by atoms with Gasteiger partial charge in [0.25, 0.3) is 0 Å². The lowest BCUT2D eigenvalue weighted by Gasteiger charge is -2.25. The highest BCUT2D eigenvalue weighted by Crippen LogP contribution is 2.42. The fraction of sp³-hybridized carbons (Fsp3) is 0.333. The van der Waals surface area contributed by atoms with Crippen molar-refractivity contribution in [2.24, 2.45) is 17.8 Å². The number of anilines is 1. The summed E-state index contributed by atoms with van der Waals surface area (Å²) in [4.78, 5) is 26.9. The zero-order chi connectivity index (χ0) is 18.3. The van der Waals surface area contributed by atoms with Crippen LogP contribution in [0.3, 0.4) is 0 Å². The van der Waals surface area contributed by atoms with Crippen LogP contribution in [-0.4, -0.2) is 11.8 Å². The number of amides is 2. The van der Waals surface area contributed by atoms with E-state index in [0.717, 1.165) is 19.3 Å². The van der Waals surface area contributed by atoms with E-state index in [9.17, 15) is 9.59 Å². The molecule has 1 heterocycles. The van der Waals surface area contributed by atoms with Gasteiger partial charge in [-0.15, -0.1) is 0 Å². The van der Waals surface area contributed by atoms with E-state index in [0.29, 0.717) is 28.1 Å². The highest BCUT2D eigenvalue weighted by molar-refractivity contribution is 6.30. The summed E-state index contributed by atoms with van der Waals surface area (Å²) in [5.74, 6) is 1.40. The normalized spacial score (nSPS) is 25.3. The fourth-order valence-electron chi connectivity index (χ4n) is 3.95. The quantitative estimate of drug-likeness (QED) is 0.710. The Morgan fingerprint density at radius 2 is 1.46 bits per heavy atom. The summed E-state index contributed by atoms with van der Waals surface area (Å²) in [6.07, 6.45) is 2.63. The second-order valence-electron chi connectivity index (χ2n) is 7.19. The number of hydrogen-bond acceptors (Lipinski definition) is 3. The van der Waals surface area contributed by atoms with Gasteiger partial charge in [0.15, 0.2) is 0 Å². The average molecular weight is 370 g/mol. The van der Waals surface area contributed by atoms with Crippen LogP contribution in [0.25, 0.3) is 0 Å². The molecule has 1 saturated carbocycles. The molecular formula is C21H20ClNO3. The Hall–Kier alpha value is -2.33. The van der Waals surface area contributed by atoms with Crippen LogP contribution >= 0.6 is 11.6 Å². The highest BCUT2D eigenvalue weighted by atomic mass is 35.5. The van der Waals surface area contributed by atoms with Crippen LogP contribution in [-0.2, 0) is 9.59 Å². The number of fused-ring (bicyclic) bond motifs is 1. The van der Waals surface area contributed by atoms with Gasteiger partial charge in [-0.05, 0) is 73.7 Å². The van der Waals surface area contributed by atoms with Gasteiger partial charge in [0.1, 0.15) is 11.5 Å². The van der Waals surface area contributed by atoms with E-state index >= 15 is 0 Å². The van der Waals surface area contributed by atoms with Crippen molar-refractivity contribution in [2.45, 2.75) is 26.2 Å². The summed E-state index contributed by atoms with van der Waals surface area (Å²) < 4.78 is 5.77. The fourth-order valence-corrected chi connectivity index (χ4v) is 4.07. The predicted molar refractivity (Wildman–Crippen MR) is 100 cm³/mol. The molecular weight excluding hydrogens is 350 g/mol. The van der Waals surface area contributed by atoms with Crippen molar-refractivity contribution < 1.29 is 14.3 Å². The number of benzene rings is 2. The summed E-state index contributed by atoms with van der Waals surface area (Å²) >= 11 is 5.87. The third kappa shape index (κ3) is 3.10. The van der Waals surface area contributed by atoms with Crippen molar-refractivity contribution in [3.63, 3.8) is 0 Å². The molecule has 2 amide bonds. The molecule has 26 heavy (non-hydrogen) atoms. The first-order valence-electron chi connectivity index (χ1n) is 8.94. The maximum atomic E-state index is 12.8. The molecule has 0 radical (unpaired) electrons. The Balaban J connectivity index is 1.52. The Labute approximate surface area is 157 Å². The number of carbonyl (C=O) groups excluding carboxylic acids is 2. The molecule has 5 heteroatoms. The first kappa shape index (κ1) is 17.1. The number of imide groups is 1. The molecule has 1 aliphatic heterocycles. The zero-order valence-electron chi connectivity index (χ0n) is 14.5. The molecule has 2 aromatic rings. The van der Waals surface area contributed by atoms with E-state index in [1.165, 1.54) is 4.90 Å². The maximum Gasteiger partial charge on any atom is 0.237 e. The van der Waals surface area contributed by atoms with Gasteiger partial charge in [0.2, 0.25) is 11.8 Å². The minimum atomic E-state index is -0.156. The number of nitrogens with zero attached hydrogens (tertiary/aromatic N) is 1. The maximum absolute atomic E-state index is 12.8. The molecule has 4 nitrogen and oxygen atoms in total. The number of carbonyl (C=O) groups is 2. The molecule has 0 spiro atoms. The standard InChI is InChI=1S/C21H20ClNO3/c1-13-2-11-18-19(12-13)21(25)23(20(18)24)15-5-9-17(10-6-15)26-16-7-3-14(22)4-8-16/h3-10,13,18-19H,2,11-12H2,1H3/t13-,18+,19+/m0/s1. The van der Waals surface area contributed by atoms with Crippen LogP contribution in [0.2, 0.25) is 5.02 Å². The second-order valence-corrected chi connectivity index (χ2v) is 7.63. The van der Waals surface area contributed by atoms with Gasteiger partial charge in [-0.3, -0.25) is 14.5 Å². The lowest BCUT2D eigenvalue weighted by atomic mass is 9.76. The molecule has 0 aromatic heterocycles. The van der Waals surface area contributed by atoms with Crippen molar-refractivity contribution >= 4 is 29.1 Å². The van der Waals surface area contributed by atoms with E-state index in [2.05, 4.69) is 6.92 Å². The predicted octanol–water partition coefficient (Wildman–Crippen LogP) is 5.06. The van der Waals surface area contributed by atoms with E-state index in [4.69, 9.17) is 16.3 Å². The van der Waals surface area contributed by atoms with Gasteiger partial charge < -0.3 is 4.74 Å². The van der Waals surface area contributed by atoms with Gasteiger partial charge in [-0.25, -0.2) is 0 Å². The van der Waals surface area contributed by atoms with Crippen molar-refractivity contribution in [1.29, 1.82) is 0 Å². The Morgan fingerprint density at radius 3 is 2.12 bits per heavy atom. The van der Waals surface area contributed by atoms with Gasteiger partial charge >= 0.3 is 0 Å². The summed E-state index contributed by atoms with van der Waals surface area (Å²) in [5.41, 5.74) is 0.616. The zero-order valence-corrected chi connectivity index (χ0v) is 15.3. The van der Waals surface area contributed by atoms with Gasteiger partial charge in [0, 0.05) is 5.02 Å². The van der Waals surface area contributed by atoms with Crippen LogP contribution in [0, 0.1) is 17.8 Å². The van der Waals surface area contributed by atoms with E-state index < -0.39 is 0 Å². The van der Waals surface area contributed by atoms with E-state index in [1.54, 1.807) is 48.5 Å². The van der Waals surface area contributed by atoms with Gasteiger partial charge in [0.05, 0.1) is 17.5 Å². The molecule has 0 bridgehead atoms. The van der Waals surface area contributed by atoms with Gasteiger partial charge in [-0.1, -0.05) is 18.5 Å². The van der Waals surface area contributed by atoms with E-state index in [1.807, 2.05) is 0 Å². The monoisotopic (exact) mass is 369 g/mol. The summed E-state index contributed by atoms with van der Waals surface area (Å²) in [5, 5.41) is 0.648.